The van der Waals surface area contributed by atoms with Gasteiger partial charge in [-0.05, 0) is 56.3 Å². The fraction of sp³-hybridized carbons (Fsp3) is 0.217. The van der Waals surface area contributed by atoms with Crippen molar-refractivity contribution in [2.24, 2.45) is 0 Å². The van der Waals surface area contributed by atoms with Crippen molar-refractivity contribution < 1.29 is 22.7 Å². The fourth-order valence-corrected chi connectivity index (χ4v) is 3.53. The zero-order valence-electron chi connectivity index (χ0n) is 18.0. The summed E-state index contributed by atoms with van der Waals surface area (Å²) in [5.74, 6) is -0.614. The summed E-state index contributed by atoms with van der Waals surface area (Å²) in [4.78, 5) is 17.4. The van der Waals surface area contributed by atoms with Crippen LogP contribution in [0.4, 0.5) is 18.9 Å². The van der Waals surface area contributed by atoms with Gasteiger partial charge in [0.05, 0.1) is 35.8 Å². The Morgan fingerprint density at radius 2 is 1.88 bits per heavy atom. The van der Waals surface area contributed by atoms with Crippen LogP contribution in [-0.4, -0.2) is 37.4 Å². The summed E-state index contributed by atoms with van der Waals surface area (Å²) in [6.07, 6.45) is 3.47. The monoisotopic (exact) mass is 489 g/mol. The van der Waals surface area contributed by atoms with Gasteiger partial charge in [-0.15, -0.1) is 8.78 Å². The van der Waals surface area contributed by atoms with Gasteiger partial charge in [0.1, 0.15) is 11.9 Å². The van der Waals surface area contributed by atoms with Crippen LogP contribution in [0.2, 0.25) is 0 Å². The zero-order chi connectivity index (χ0) is 24.5. The molecule has 0 radical (unpaired) electrons. The SMILES string of the molecule is CC(F)[C@@H](C)n1cnc2cc(C(=O)Nc3ccc(OC(F)(F)Cl)cc3)cc(-c3ccnnc3)c21. The van der Waals surface area contributed by atoms with Gasteiger partial charge in [-0.1, -0.05) is 0 Å². The predicted molar refractivity (Wildman–Crippen MR) is 122 cm³/mol. The lowest BCUT2D eigenvalue weighted by atomic mass is 10.0. The van der Waals surface area contributed by atoms with E-state index in [4.69, 9.17) is 11.6 Å². The Bertz CT molecular complexity index is 1310. The average molecular weight is 490 g/mol. The molecule has 2 aromatic heterocycles. The normalized spacial score (nSPS) is 13.5. The number of hydrogen-bond acceptors (Lipinski definition) is 5. The van der Waals surface area contributed by atoms with Crippen LogP contribution < -0.4 is 10.1 Å². The third-order valence-electron chi connectivity index (χ3n) is 5.28. The van der Waals surface area contributed by atoms with Crippen LogP contribution in [0.5, 0.6) is 5.75 Å². The first kappa shape index (κ1) is 23.5. The van der Waals surface area contributed by atoms with Crippen LogP contribution in [0.25, 0.3) is 22.2 Å². The number of halogens is 4. The van der Waals surface area contributed by atoms with E-state index in [-0.39, 0.29) is 11.3 Å². The van der Waals surface area contributed by atoms with E-state index in [1.165, 1.54) is 43.7 Å². The van der Waals surface area contributed by atoms with Crippen molar-refractivity contribution in [2.45, 2.75) is 31.6 Å². The molecule has 0 aliphatic rings. The van der Waals surface area contributed by atoms with Crippen molar-refractivity contribution in [2.75, 3.05) is 5.32 Å². The molecular weight excluding hydrogens is 471 g/mol. The van der Waals surface area contributed by atoms with Gasteiger partial charge in [0, 0.05) is 34.0 Å². The van der Waals surface area contributed by atoms with Crippen molar-refractivity contribution in [1.29, 1.82) is 0 Å². The van der Waals surface area contributed by atoms with E-state index in [9.17, 15) is 18.0 Å². The lowest BCUT2D eigenvalue weighted by Crippen LogP contribution is -2.16. The summed E-state index contributed by atoms with van der Waals surface area (Å²) in [7, 11) is 0. The maximum Gasteiger partial charge on any atom is 0.487 e. The number of carbonyl (C=O) groups is 1. The number of imidazole rings is 1. The zero-order valence-corrected chi connectivity index (χ0v) is 18.8. The topological polar surface area (TPSA) is 81.9 Å². The number of alkyl halides is 4. The highest BCUT2D eigenvalue weighted by molar-refractivity contribution is 6.20. The molecule has 2 heterocycles. The Balaban J connectivity index is 1.70. The number of aromatic nitrogens is 4. The third kappa shape index (κ3) is 5.12. The Kier molecular flexibility index (Phi) is 6.43. The highest BCUT2D eigenvalue weighted by Gasteiger charge is 2.27. The number of fused-ring (bicyclic) bond motifs is 1. The molecule has 4 aromatic rings. The van der Waals surface area contributed by atoms with E-state index < -0.39 is 23.7 Å². The van der Waals surface area contributed by atoms with Crippen LogP contribution in [0.3, 0.4) is 0 Å². The first-order valence-electron chi connectivity index (χ1n) is 10.2. The second kappa shape index (κ2) is 9.30. The van der Waals surface area contributed by atoms with Gasteiger partial charge in [-0.3, -0.25) is 4.79 Å². The molecule has 1 unspecified atom stereocenters. The third-order valence-corrected chi connectivity index (χ3v) is 5.35. The summed E-state index contributed by atoms with van der Waals surface area (Å²) in [6, 6.07) is 9.82. The Morgan fingerprint density at radius 3 is 2.50 bits per heavy atom. The molecule has 176 valence electrons. The smallest absolute Gasteiger partial charge is 0.420 e. The van der Waals surface area contributed by atoms with E-state index in [2.05, 4.69) is 25.2 Å². The molecule has 2 atom stereocenters. The molecular formula is C23H19ClF3N5O2. The van der Waals surface area contributed by atoms with Crippen LogP contribution in [0.1, 0.15) is 30.2 Å². The molecule has 0 aliphatic heterocycles. The lowest BCUT2D eigenvalue weighted by Gasteiger charge is -2.18. The summed E-state index contributed by atoms with van der Waals surface area (Å²) in [5.41, 5.74) is -0.718. The summed E-state index contributed by atoms with van der Waals surface area (Å²) in [6.45, 7) is 3.21. The maximum atomic E-state index is 14.1. The number of rotatable bonds is 7. The van der Waals surface area contributed by atoms with Crippen molar-refractivity contribution in [3.05, 3.63) is 66.7 Å². The van der Waals surface area contributed by atoms with Crippen molar-refractivity contribution >= 4 is 34.2 Å². The minimum Gasteiger partial charge on any atom is -0.420 e. The van der Waals surface area contributed by atoms with Crippen LogP contribution in [0, 0.1) is 0 Å². The molecule has 11 heteroatoms. The van der Waals surface area contributed by atoms with E-state index in [1.807, 2.05) is 0 Å². The standard InChI is InChI=1S/C23H19ClF3N5O2/c1-13(25)14(2)32-12-28-20-10-16(9-19(21(20)32)15-7-8-29-30-11-15)22(33)31-17-3-5-18(6-4-17)34-23(24,26)27/h3-14H,1-2H3,(H,31,33)/t13?,14-/m1/s1. The van der Waals surface area contributed by atoms with Crippen molar-refractivity contribution in [1.82, 2.24) is 19.7 Å². The van der Waals surface area contributed by atoms with Gasteiger partial charge in [0.2, 0.25) is 0 Å². The second-order valence-electron chi connectivity index (χ2n) is 7.62. The van der Waals surface area contributed by atoms with E-state index in [0.29, 0.717) is 27.8 Å². The molecule has 0 spiro atoms. The van der Waals surface area contributed by atoms with Gasteiger partial charge >= 0.3 is 5.57 Å². The largest absolute Gasteiger partial charge is 0.487 e. The van der Waals surface area contributed by atoms with Gasteiger partial charge in [-0.25, -0.2) is 9.37 Å². The first-order valence-corrected chi connectivity index (χ1v) is 10.6. The quantitative estimate of drug-likeness (QED) is 0.330. The number of hydrogen-bond donors (Lipinski definition) is 1. The number of nitrogens with zero attached hydrogens (tertiary/aromatic N) is 4. The Morgan fingerprint density at radius 1 is 1.15 bits per heavy atom. The van der Waals surface area contributed by atoms with E-state index in [0.717, 1.165) is 0 Å². The van der Waals surface area contributed by atoms with Crippen LogP contribution >= 0.6 is 11.6 Å². The Hall–Kier alpha value is -3.66. The molecule has 7 nitrogen and oxygen atoms in total. The fourth-order valence-electron chi connectivity index (χ4n) is 3.45. The molecule has 0 bridgehead atoms. The number of anilines is 1. The first-order chi connectivity index (χ1) is 16.1. The molecule has 1 N–H and O–H groups in total. The molecule has 0 saturated heterocycles. The lowest BCUT2D eigenvalue weighted by molar-refractivity contribution is -0.0964. The Labute approximate surface area is 197 Å². The van der Waals surface area contributed by atoms with E-state index >= 15 is 0 Å². The number of carbonyl (C=O) groups excluding carboxylic acids is 1. The van der Waals surface area contributed by atoms with Gasteiger partial charge in [-0.2, -0.15) is 10.2 Å². The van der Waals surface area contributed by atoms with Crippen molar-refractivity contribution in [3.63, 3.8) is 0 Å². The number of benzene rings is 2. The van der Waals surface area contributed by atoms with Crippen LogP contribution in [0.15, 0.2) is 61.2 Å². The number of ether oxygens (including phenoxy) is 1. The summed E-state index contributed by atoms with van der Waals surface area (Å²) in [5, 5.41) is 10.4. The molecule has 34 heavy (non-hydrogen) atoms. The van der Waals surface area contributed by atoms with E-state index in [1.54, 1.807) is 35.9 Å². The molecule has 0 fully saturated rings. The van der Waals surface area contributed by atoms with Gasteiger partial charge in [0.25, 0.3) is 5.91 Å². The molecule has 0 saturated carbocycles. The highest BCUT2D eigenvalue weighted by atomic mass is 35.5. The molecule has 0 aliphatic carbocycles. The minimum atomic E-state index is -3.83. The minimum absolute atomic E-state index is 0.159. The van der Waals surface area contributed by atoms with Gasteiger partial charge < -0.3 is 14.6 Å². The second-order valence-corrected chi connectivity index (χ2v) is 8.06. The predicted octanol–water partition coefficient (Wildman–Crippen LogP) is 5.83. The summed E-state index contributed by atoms with van der Waals surface area (Å²) >= 11 is 4.76. The number of nitrogens with one attached hydrogen (secondary N) is 1. The average Bonchev–Trinajstić information content (AvgIpc) is 3.22. The molecule has 1 amide bonds. The highest BCUT2D eigenvalue weighted by Crippen LogP contribution is 2.33. The molecule has 2 aromatic carbocycles. The van der Waals surface area contributed by atoms with Crippen molar-refractivity contribution in [3.8, 4) is 16.9 Å². The molecule has 4 rings (SSSR count). The van der Waals surface area contributed by atoms with Gasteiger partial charge in [0.15, 0.2) is 0 Å². The summed E-state index contributed by atoms with van der Waals surface area (Å²) < 4.78 is 45.6. The number of amides is 1. The maximum absolute atomic E-state index is 14.1. The van der Waals surface area contributed by atoms with Crippen LogP contribution in [-0.2, 0) is 0 Å².